The van der Waals surface area contributed by atoms with Crippen molar-refractivity contribution in [2.75, 3.05) is 18.4 Å². The number of fused-ring (bicyclic) bond motifs is 1. The number of nitrogens with one attached hydrogen (secondary N) is 2. The molecule has 27 heavy (non-hydrogen) atoms. The number of benzene rings is 1. The van der Waals surface area contributed by atoms with E-state index >= 15 is 0 Å². The van der Waals surface area contributed by atoms with E-state index in [0.717, 1.165) is 31.5 Å². The van der Waals surface area contributed by atoms with Gasteiger partial charge in [0.05, 0.1) is 16.9 Å². The lowest BCUT2D eigenvalue weighted by atomic mass is 9.89. The number of pyridine rings is 1. The Morgan fingerprint density at radius 1 is 1.19 bits per heavy atom. The number of hydrogen-bond donors (Lipinski definition) is 2. The Hall–Kier alpha value is -2.80. The quantitative estimate of drug-likeness (QED) is 0.740. The SMILES string of the molecule is Cc1cn2cc(NC(=O)c3ccc(C4CCNCC4)cc3F)cc(F)c2n1. The number of rotatable bonds is 3. The zero-order valence-electron chi connectivity index (χ0n) is 14.9. The molecule has 1 aliphatic heterocycles. The van der Waals surface area contributed by atoms with Gasteiger partial charge in [-0.05, 0) is 56.5 Å². The summed E-state index contributed by atoms with van der Waals surface area (Å²) in [7, 11) is 0. The highest BCUT2D eigenvalue weighted by atomic mass is 19.1. The number of halogens is 2. The van der Waals surface area contributed by atoms with Crippen molar-refractivity contribution in [2.24, 2.45) is 0 Å². The van der Waals surface area contributed by atoms with E-state index in [9.17, 15) is 13.6 Å². The first kappa shape index (κ1) is 17.6. The van der Waals surface area contributed by atoms with Gasteiger partial charge in [-0.2, -0.15) is 0 Å². The van der Waals surface area contributed by atoms with Crippen LogP contribution in [0.15, 0.2) is 36.7 Å². The summed E-state index contributed by atoms with van der Waals surface area (Å²) in [5, 5.41) is 5.84. The molecule has 2 N–H and O–H groups in total. The number of amides is 1. The number of nitrogens with zero attached hydrogens (tertiary/aromatic N) is 2. The number of aromatic nitrogens is 2. The molecule has 7 heteroatoms. The Labute approximate surface area is 155 Å². The molecule has 5 nitrogen and oxygen atoms in total. The van der Waals surface area contributed by atoms with Crippen molar-refractivity contribution in [3.05, 3.63) is 65.1 Å². The summed E-state index contributed by atoms with van der Waals surface area (Å²) < 4.78 is 30.2. The zero-order chi connectivity index (χ0) is 19.0. The molecule has 1 saturated heterocycles. The number of carbonyl (C=O) groups excluding carboxylic acids is 1. The molecule has 2 aromatic heterocycles. The predicted octanol–water partition coefficient (Wildman–Crippen LogP) is 3.64. The summed E-state index contributed by atoms with van der Waals surface area (Å²) in [6.07, 6.45) is 5.11. The highest BCUT2D eigenvalue weighted by Gasteiger charge is 2.19. The van der Waals surface area contributed by atoms with Gasteiger partial charge in [0.15, 0.2) is 11.5 Å². The minimum atomic E-state index is -0.611. The highest BCUT2D eigenvalue weighted by Crippen LogP contribution is 2.27. The van der Waals surface area contributed by atoms with E-state index in [0.29, 0.717) is 11.6 Å². The molecule has 1 amide bonds. The van der Waals surface area contributed by atoms with Crippen molar-refractivity contribution in [2.45, 2.75) is 25.7 Å². The smallest absolute Gasteiger partial charge is 0.258 e. The fourth-order valence-electron chi connectivity index (χ4n) is 3.57. The van der Waals surface area contributed by atoms with Crippen LogP contribution in [0.2, 0.25) is 0 Å². The van der Waals surface area contributed by atoms with Gasteiger partial charge in [-0.3, -0.25) is 4.79 Å². The topological polar surface area (TPSA) is 58.4 Å². The van der Waals surface area contributed by atoms with Crippen LogP contribution in [0.4, 0.5) is 14.5 Å². The third-order valence-corrected chi connectivity index (χ3v) is 4.93. The number of imidazole rings is 1. The Bertz CT molecular complexity index is 1010. The zero-order valence-corrected chi connectivity index (χ0v) is 14.9. The van der Waals surface area contributed by atoms with Gasteiger partial charge < -0.3 is 15.0 Å². The fraction of sp³-hybridized carbons (Fsp3) is 0.300. The molecule has 1 fully saturated rings. The van der Waals surface area contributed by atoms with Crippen LogP contribution in [0.5, 0.6) is 0 Å². The predicted molar refractivity (Wildman–Crippen MR) is 99.1 cm³/mol. The second-order valence-electron chi connectivity index (χ2n) is 6.91. The summed E-state index contributed by atoms with van der Waals surface area (Å²) in [6.45, 7) is 3.58. The second kappa shape index (κ2) is 7.08. The lowest BCUT2D eigenvalue weighted by molar-refractivity contribution is 0.102. The average molecular weight is 370 g/mol. The molecule has 0 saturated carbocycles. The Morgan fingerprint density at radius 2 is 1.96 bits per heavy atom. The average Bonchev–Trinajstić information content (AvgIpc) is 3.03. The lowest BCUT2D eigenvalue weighted by Crippen LogP contribution is -2.26. The minimum Gasteiger partial charge on any atom is -0.320 e. The Morgan fingerprint density at radius 3 is 2.70 bits per heavy atom. The van der Waals surface area contributed by atoms with E-state index in [2.05, 4.69) is 15.6 Å². The third-order valence-electron chi connectivity index (χ3n) is 4.93. The van der Waals surface area contributed by atoms with Crippen LogP contribution < -0.4 is 10.6 Å². The molecule has 0 radical (unpaired) electrons. The van der Waals surface area contributed by atoms with Gasteiger partial charge in [0.2, 0.25) is 0 Å². The summed E-state index contributed by atoms with van der Waals surface area (Å²) in [4.78, 5) is 16.5. The normalized spacial score (nSPS) is 15.2. The molecule has 0 bridgehead atoms. The highest BCUT2D eigenvalue weighted by molar-refractivity contribution is 6.04. The van der Waals surface area contributed by atoms with Crippen LogP contribution in [0.3, 0.4) is 0 Å². The molecule has 4 rings (SSSR count). The number of carbonyl (C=O) groups is 1. The molecule has 0 unspecified atom stereocenters. The Kier molecular flexibility index (Phi) is 4.61. The van der Waals surface area contributed by atoms with E-state index < -0.39 is 17.5 Å². The second-order valence-corrected chi connectivity index (χ2v) is 6.91. The van der Waals surface area contributed by atoms with Crippen LogP contribution in [0.1, 0.15) is 40.4 Å². The summed E-state index contributed by atoms with van der Waals surface area (Å²) in [6, 6.07) is 5.92. The molecule has 1 aromatic carbocycles. The molecule has 3 heterocycles. The monoisotopic (exact) mass is 370 g/mol. The first-order chi connectivity index (χ1) is 13.0. The molecule has 1 aliphatic rings. The first-order valence-corrected chi connectivity index (χ1v) is 8.97. The van der Waals surface area contributed by atoms with E-state index in [1.54, 1.807) is 25.4 Å². The van der Waals surface area contributed by atoms with Crippen molar-refractivity contribution < 1.29 is 13.6 Å². The van der Waals surface area contributed by atoms with Crippen molar-refractivity contribution in [3.63, 3.8) is 0 Å². The summed E-state index contributed by atoms with van der Waals surface area (Å²) in [5.74, 6) is -1.43. The maximum Gasteiger partial charge on any atom is 0.258 e. The minimum absolute atomic E-state index is 0.0602. The number of anilines is 1. The van der Waals surface area contributed by atoms with Crippen LogP contribution in [0.25, 0.3) is 5.65 Å². The summed E-state index contributed by atoms with van der Waals surface area (Å²) in [5.41, 5.74) is 1.94. The van der Waals surface area contributed by atoms with Gasteiger partial charge in [0.25, 0.3) is 5.91 Å². The third kappa shape index (κ3) is 3.55. The van der Waals surface area contributed by atoms with Crippen molar-refractivity contribution in [1.82, 2.24) is 14.7 Å². The van der Waals surface area contributed by atoms with Crippen LogP contribution in [-0.4, -0.2) is 28.4 Å². The van der Waals surface area contributed by atoms with Crippen LogP contribution >= 0.6 is 0 Å². The fourth-order valence-corrected chi connectivity index (χ4v) is 3.57. The van der Waals surface area contributed by atoms with Gasteiger partial charge >= 0.3 is 0 Å². The molecule has 0 spiro atoms. The molecule has 3 aromatic rings. The maximum atomic E-state index is 14.5. The first-order valence-electron chi connectivity index (χ1n) is 8.97. The van der Waals surface area contributed by atoms with E-state index in [1.165, 1.54) is 22.6 Å². The summed E-state index contributed by atoms with van der Waals surface area (Å²) >= 11 is 0. The van der Waals surface area contributed by atoms with Gasteiger partial charge in [-0.1, -0.05) is 6.07 Å². The molecule has 0 atom stereocenters. The van der Waals surface area contributed by atoms with Gasteiger partial charge in [0, 0.05) is 18.5 Å². The van der Waals surface area contributed by atoms with Crippen LogP contribution in [-0.2, 0) is 0 Å². The Balaban J connectivity index is 1.56. The number of piperidine rings is 1. The number of aryl methyl sites for hydroxylation is 1. The molecular formula is C20H20F2N4O. The largest absolute Gasteiger partial charge is 0.320 e. The lowest BCUT2D eigenvalue weighted by Gasteiger charge is -2.23. The van der Waals surface area contributed by atoms with E-state index in [-0.39, 0.29) is 16.9 Å². The number of hydrogen-bond acceptors (Lipinski definition) is 3. The standard InChI is InChI=1S/C20H20F2N4O/c1-12-10-26-11-15(9-18(22)19(26)24-12)25-20(27)16-3-2-14(8-17(16)21)13-4-6-23-7-5-13/h2-3,8-11,13,23H,4-7H2,1H3,(H,25,27). The van der Waals surface area contributed by atoms with E-state index in [1.807, 2.05) is 0 Å². The van der Waals surface area contributed by atoms with Crippen molar-refractivity contribution in [1.29, 1.82) is 0 Å². The van der Waals surface area contributed by atoms with Gasteiger partial charge in [0.1, 0.15) is 5.82 Å². The molecule has 0 aliphatic carbocycles. The van der Waals surface area contributed by atoms with Gasteiger partial charge in [-0.25, -0.2) is 13.8 Å². The van der Waals surface area contributed by atoms with Crippen LogP contribution in [0, 0.1) is 18.6 Å². The molecule has 140 valence electrons. The van der Waals surface area contributed by atoms with E-state index in [4.69, 9.17) is 0 Å². The van der Waals surface area contributed by atoms with Crippen molar-refractivity contribution in [3.8, 4) is 0 Å². The van der Waals surface area contributed by atoms with Gasteiger partial charge in [-0.15, -0.1) is 0 Å². The maximum absolute atomic E-state index is 14.5. The molecular weight excluding hydrogens is 350 g/mol. The van der Waals surface area contributed by atoms with Crippen molar-refractivity contribution >= 4 is 17.2 Å².